The van der Waals surface area contributed by atoms with Crippen LogP contribution in [-0.4, -0.2) is 45.5 Å². The number of hydrogen-bond acceptors (Lipinski definition) is 5. The molecular weight excluding hydrogens is 222 g/mol. The fourth-order valence-corrected chi connectivity index (χ4v) is 1.67. The zero-order valence-electron chi connectivity index (χ0n) is 9.24. The second kappa shape index (κ2) is 4.98. The average molecular weight is 237 g/mol. The highest BCUT2D eigenvalue weighted by Crippen LogP contribution is 2.18. The summed E-state index contributed by atoms with van der Waals surface area (Å²) in [7, 11) is 0. The van der Waals surface area contributed by atoms with Crippen LogP contribution in [0.4, 0.5) is 5.82 Å². The second-order valence-corrected chi connectivity index (χ2v) is 3.87. The summed E-state index contributed by atoms with van der Waals surface area (Å²) in [6.07, 6.45) is 2.30. The predicted molar refractivity (Wildman–Crippen MR) is 62.9 cm³/mol. The van der Waals surface area contributed by atoms with Gasteiger partial charge in [-0.05, 0) is 18.6 Å². The summed E-state index contributed by atoms with van der Waals surface area (Å²) >= 11 is 0. The lowest BCUT2D eigenvalue weighted by Gasteiger charge is -2.09. The number of aromatic nitrogens is 1. The van der Waals surface area contributed by atoms with Crippen molar-refractivity contribution < 1.29 is 10.3 Å². The third-order valence-corrected chi connectivity index (χ3v) is 2.50. The van der Waals surface area contributed by atoms with Gasteiger partial charge in [-0.2, -0.15) is 5.06 Å². The molecule has 0 aromatic carbocycles. The zero-order chi connectivity index (χ0) is 12.3. The van der Waals surface area contributed by atoms with E-state index in [4.69, 9.17) is 5.73 Å². The van der Waals surface area contributed by atoms with Crippen LogP contribution in [0.25, 0.3) is 0 Å². The van der Waals surface area contributed by atoms with Crippen molar-refractivity contribution >= 4 is 11.8 Å². The van der Waals surface area contributed by atoms with Crippen LogP contribution in [-0.2, 0) is 0 Å². The number of nitrogens with zero attached hydrogens (tertiary/aromatic N) is 3. The summed E-state index contributed by atoms with van der Waals surface area (Å²) in [6, 6.07) is 3.10. The standard InChI is InChI=1S/C10H15N5O2/c11-10(13-7-3-5-15(17)6-7)14-9-8(16)2-1-4-12-9/h1-2,4,7,16-17H,3,5-6H2,(H3,11,12,13,14). The molecule has 0 amide bonds. The summed E-state index contributed by atoms with van der Waals surface area (Å²) in [5.74, 6) is 0.466. The van der Waals surface area contributed by atoms with Crippen LogP contribution in [0.5, 0.6) is 5.75 Å². The first-order chi connectivity index (χ1) is 8.15. The van der Waals surface area contributed by atoms with Gasteiger partial charge in [0.2, 0.25) is 0 Å². The Bertz CT molecular complexity index is 423. The molecule has 1 saturated heterocycles. The molecule has 2 rings (SSSR count). The second-order valence-electron chi connectivity index (χ2n) is 3.87. The maximum absolute atomic E-state index is 9.48. The summed E-state index contributed by atoms with van der Waals surface area (Å²) in [6.45, 7) is 1.06. The van der Waals surface area contributed by atoms with E-state index in [0.717, 1.165) is 6.42 Å². The number of nitrogens with two attached hydrogens (primary N) is 1. The highest BCUT2D eigenvalue weighted by atomic mass is 16.5. The van der Waals surface area contributed by atoms with Crippen molar-refractivity contribution in [2.45, 2.75) is 12.5 Å². The number of anilines is 1. The molecule has 92 valence electrons. The summed E-state index contributed by atoms with van der Waals surface area (Å²) in [5.41, 5.74) is 5.69. The van der Waals surface area contributed by atoms with Crippen LogP contribution < -0.4 is 11.1 Å². The third-order valence-electron chi connectivity index (χ3n) is 2.50. The lowest BCUT2D eigenvalue weighted by atomic mass is 10.3. The van der Waals surface area contributed by atoms with Crippen molar-refractivity contribution in [1.82, 2.24) is 10.0 Å². The van der Waals surface area contributed by atoms with Crippen LogP contribution in [0.1, 0.15) is 6.42 Å². The van der Waals surface area contributed by atoms with Crippen LogP contribution in [0.3, 0.4) is 0 Å². The number of aliphatic imine (C=N–C) groups is 1. The van der Waals surface area contributed by atoms with E-state index in [2.05, 4.69) is 15.3 Å². The Hall–Kier alpha value is -1.86. The number of nitrogens with one attached hydrogen (secondary N) is 1. The van der Waals surface area contributed by atoms with E-state index < -0.39 is 0 Å². The van der Waals surface area contributed by atoms with E-state index in [9.17, 15) is 10.3 Å². The molecule has 0 bridgehead atoms. The number of guanidine groups is 1. The minimum absolute atomic E-state index is 0.0147. The zero-order valence-corrected chi connectivity index (χ0v) is 9.24. The van der Waals surface area contributed by atoms with Crippen molar-refractivity contribution in [3.8, 4) is 5.75 Å². The Labute approximate surface area is 98.6 Å². The lowest BCUT2D eigenvalue weighted by Crippen LogP contribution is -2.26. The Morgan fingerprint density at radius 2 is 2.47 bits per heavy atom. The van der Waals surface area contributed by atoms with Gasteiger partial charge in [0.1, 0.15) is 0 Å². The maximum Gasteiger partial charge on any atom is 0.194 e. The molecule has 1 fully saturated rings. The van der Waals surface area contributed by atoms with Gasteiger partial charge >= 0.3 is 0 Å². The van der Waals surface area contributed by atoms with E-state index in [-0.39, 0.29) is 23.6 Å². The predicted octanol–water partition coefficient (Wildman–Crippen LogP) is -0.0227. The number of hydrogen-bond donors (Lipinski definition) is 4. The van der Waals surface area contributed by atoms with Crippen molar-refractivity contribution in [3.63, 3.8) is 0 Å². The van der Waals surface area contributed by atoms with E-state index in [0.29, 0.717) is 13.1 Å². The molecule has 17 heavy (non-hydrogen) atoms. The Balaban J connectivity index is 1.99. The van der Waals surface area contributed by atoms with Crippen LogP contribution in [0.2, 0.25) is 0 Å². The number of aromatic hydroxyl groups is 1. The molecular formula is C10H15N5O2. The number of rotatable bonds is 2. The normalized spacial score (nSPS) is 21.7. The molecule has 1 aromatic rings. The SMILES string of the molecule is NC(=NC1CCN(O)C1)Nc1ncccc1O. The minimum Gasteiger partial charge on any atom is -0.504 e. The third kappa shape index (κ3) is 3.05. The molecule has 1 aromatic heterocycles. The van der Waals surface area contributed by atoms with Gasteiger partial charge in [0, 0.05) is 19.3 Å². The molecule has 1 unspecified atom stereocenters. The van der Waals surface area contributed by atoms with Gasteiger partial charge in [-0.25, -0.2) is 9.98 Å². The molecule has 7 nitrogen and oxygen atoms in total. The highest BCUT2D eigenvalue weighted by molar-refractivity contribution is 5.92. The number of pyridine rings is 1. The topological polar surface area (TPSA) is 107 Å². The van der Waals surface area contributed by atoms with Crippen molar-refractivity contribution in [3.05, 3.63) is 18.3 Å². The fraction of sp³-hybridized carbons (Fsp3) is 0.400. The molecule has 0 radical (unpaired) electrons. The molecule has 1 aliphatic rings. The van der Waals surface area contributed by atoms with Gasteiger partial charge in [0.25, 0.3) is 0 Å². The minimum atomic E-state index is -0.0293. The molecule has 1 atom stereocenters. The first kappa shape index (κ1) is 11.6. The lowest BCUT2D eigenvalue weighted by molar-refractivity contribution is -0.0688. The van der Waals surface area contributed by atoms with Gasteiger partial charge < -0.3 is 21.4 Å². The Kier molecular flexibility index (Phi) is 3.40. The van der Waals surface area contributed by atoms with Crippen LogP contribution in [0.15, 0.2) is 23.3 Å². The first-order valence-electron chi connectivity index (χ1n) is 5.33. The highest BCUT2D eigenvalue weighted by Gasteiger charge is 2.20. The fourth-order valence-electron chi connectivity index (χ4n) is 1.67. The largest absolute Gasteiger partial charge is 0.504 e. The van der Waals surface area contributed by atoms with E-state index in [1.807, 2.05) is 0 Å². The quantitative estimate of drug-likeness (QED) is 0.425. The van der Waals surface area contributed by atoms with Crippen molar-refractivity contribution in [2.75, 3.05) is 18.4 Å². The van der Waals surface area contributed by atoms with Gasteiger partial charge in [0.15, 0.2) is 17.5 Å². The first-order valence-corrected chi connectivity index (χ1v) is 5.33. The summed E-state index contributed by atoms with van der Waals surface area (Å²) in [5, 5.41) is 22.6. The Morgan fingerprint density at radius 1 is 1.65 bits per heavy atom. The molecule has 2 heterocycles. The molecule has 0 spiro atoms. The van der Waals surface area contributed by atoms with Gasteiger partial charge in [-0.1, -0.05) is 0 Å². The van der Waals surface area contributed by atoms with Crippen molar-refractivity contribution in [2.24, 2.45) is 10.7 Å². The average Bonchev–Trinajstić information content (AvgIpc) is 2.67. The summed E-state index contributed by atoms with van der Waals surface area (Å²) in [4.78, 5) is 8.12. The summed E-state index contributed by atoms with van der Waals surface area (Å²) < 4.78 is 0. The molecule has 0 aliphatic carbocycles. The molecule has 7 heteroatoms. The maximum atomic E-state index is 9.48. The van der Waals surface area contributed by atoms with Crippen molar-refractivity contribution in [1.29, 1.82) is 0 Å². The molecule has 0 saturated carbocycles. The van der Waals surface area contributed by atoms with Gasteiger partial charge in [-0.3, -0.25) is 0 Å². The van der Waals surface area contributed by atoms with Crippen LogP contribution >= 0.6 is 0 Å². The smallest absolute Gasteiger partial charge is 0.194 e. The molecule has 5 N–H and O–H groups in total. The van der Waals surface area contributed by atoms with E-state index >= 15 is 0 Å². The number of hydroxylamine groups is 2. The van der Waals surface area contributed by atoms with Gasteiger partial charge in [-0.15, -0.1) is 0 Å². The monoisotopic (exact) mass is 237 g/mol. The molecule has 1 aliphatic heterocycles. The van der Waals surface area contributed by atoms with Crippen LogP contribution in [0, 0.1) is 0 Å². The Morgan fingerprint density at radius 3 is 3.12 bits per heavy atom. The van der Waals surface area contributed by atoms with E-state index in [1.165, 1.54) is 11.1 Å². The van der Waals surface area contributed by atoms with E-state index in [1.54, 1.807) is 12.3 Å². The van der Waals surface area contributed by atoms with Gasteiger partial charge in [0.05, 0.1) is 6.04 Å².